The molecular formula is C17H27NO3. The Kier molecular flexibility index (Phi) is 5.40. The van der Waals surface area contributed by atoms with Crippen LogP contribution >= 0.6 is 0 Å². The van der Waals surface area contributed by atoms with Crippen LogP contribution in [-0.4, -0.2) is 32.3 Å². The van der Waals surface area contributed by atoms with Crippen LogP contribution in [0.3, 0.4) is 0 Å². The van der Waals surface area contributed by atoms with Crippen LogP contribution in [0.25, 0.3) is 0 Å². The van der Waals surface area contributed by atoms with E-state index in [2.05, 4.69) is 38.2 Å². The lowest BCUT2D eigenvalue weighted by Gasteiger charge is -2.27. The van der Waals surface area contributed by atoms with E-state index in [-0.39, 0.29) is 18.0 Å². The van der Waals surface area contributed by atoms with E-state index < -0.39 is 5.54 Å². The van der Waals surface area contributed by atoms with E-state index in [1.165, 1.54) is 12.7 Å². The van der Waals surface area contributed by atoms with Gasteiger partial charge in [0, 0.05) is 0 Å². The Hall–Kier alpha value is -1.55. The van der Waals surface area contributed by atoms with Gasteiger partial charge in [0.05, 0.1) is 7.11 Å². The molecule has 0 radical (unpaired) electrons. The summed E-state index contributed by atoms with van der Waals surface area (Å²) in [7, 11) is 3.09. The summed E-state index contributed by atoms with van der Waals surface area (Å²) in [5.74, 6) is 0.447. The molecule has 0 fully saturated rings. The van der Waals surface area contributed by atoms with Crippen LogP contribution in [0.4, 0.5) is 0 Å². The maximum atomic E-state index is 11.8. The number of carbonyl (C=O) groups is 1. The zero-order valence-corrected chi connectivity index (χ0v) is 14.2. The van der Waals surface area contributed by atoms with E-state index in [0.717, 1.165) is 11.3 Å². The molecule has 0 bridgehead atoms. The van der Waals surface area contributed by atoms with Gasteiger partial charge >= 0.3 is 5.97 Å². The van der Waals surface area contributed by atoms with E-state index >= 15 is 0 Å². The zero-order chi connectivity index (χ0) is 16.3. The normalized spacial score (nSPS) is 14.4. The lowest BCUT2D eigenvalue weighted by molar-refractivity contribution is -0.148. The van der Waals surface area contributed by atoms with Crippen molar-refractivity contribution < 1.29 is 14.3 Å². The number of ether oxygens (including phenoxy) is 2. The molecule has 0 aliphatic heterocycles. The van der Waals surface area contributed by atoms with Gasteiger partial charge in [0.25, 0.3) is 0 Å². The number of methoxy groups -OCH3 is 1. The molecule has 0 heterocycles. The molecule has 0 spiro atoms. The summed E-state index contributed by atoms with van der Waals surface area (Å²) < 4.78 is 10.6. The van der Waals surface area contributed by atoms with Crippen LogP contribution < -0.4 is 10.1 Å². The minimum atomic E-state index is -0.857. The first-order valence-electron chi connectivity index (χ1n) is 7.15. The van der Waals surface area contributed by atoms with Crippen LogP contribution in [0.5, 0.6) is 5.75 Å². The first-order valence-corrected chi connectivity index (χ1v) is 7.15. The fourth-order valence-electron chi connectivity index (χ4n) is 1.96. The average Bonchev–Trinajstić information content (AvgIpc) is 2.43. The summed E-state index contributed by atoms with van der Waals surface area (Å²) in [4.78, 5) is 11.8. The second-order valence-corrected chi connectivity index (χ2v) is 6.59. The molecule has 0 aliphatic carbocycles. The average molecular weight is 293 g/mol. The third kappa shape index (κ3) is 4.21. The molecule has 21 heavy (non-hydrogen) atoms. The summed E-state index contributed by atoms with van der Waals surface area (Å²) in [6, 6.07) is 6.16. The summed E-state index contributed by atoms with van der Waals surface area (Å²) in [6.45, 7) is 10.5. The highest BCUT2D eigenvalue weighted by Gasteiger charge is 2.33. The van der Waals surface area contributed by atoms with Crippen LogP contribution in [-0.2, 0) is 14.9 Å². The number of hydrogen-bond donors (Lipinski definition) is 1. The predicted molar refractivity (Wildman–Crippen MR) is 84.9 cm³/mol. The molecule has 1 aromatic carbocycles. The van der Waals surface area contributed by atoms with Crippen molar-refractivity contribution >= 4 is 5.97 Å². The lowest BCUT2D eigenvalue weighted by atomic mass is 9.86. The highest BCUT2D eigenvalue weighted by atomic mass is 16.5. The zero-order valence-electron chi connectivity index (χ0n) is 14.2. The van der Waals surface area contributed by atoms with Gasteiger partial charge in [-0.05, 0) is 43.5 Å². The van der Waals surface area contributed by atoms with Crippen molar-refractivity contribution in [2.75, 3.05) is 20.8 Å². The molecule has 1 atom stereocenters. The minimum Gasteiger partial charge on any atom is -0.491 e. The number of hydrogen-bond acceptors (Lipinski definition) is 4. The van der Waals surface area contributed by atoms with Crippen LogP contribution in [0.1, 0.15) is 38.8 Å². The molecule has 4 nitrogen and oxygen atoms in total. The smallest absolute Gasteiger partial charge is 0.329 e. The molecule has 1 rings (SSSR count). The summed E-state index contributed by atoms with van der Waals surface area (Å²) in [5.41, 5.74) is 1.57. The van der Waals surface area contributed by atoms with Gasteiger partial charge in [0.2, 0.25) is 0 Å². The molecule has 0 saturated heterocycles. The monoisotopic (exact) mass is 293 g/mol. The Morgan fingerprint density at radius 2 is 1.86 bits per heavy atom. The molecule has 4 heteroatoms. The van der Waals surface area contributed by atoms with E-state index in [4.69, 9.17) is 9.47 Å². The molecular weight excluding hydrogens is 266 g/mol. The first kappa shape index (κ1) is 17.5. The van der Waals surface area contributed by atoms with Gasteiger partial charge in [0.15, 0.2) is 0 Å². The van der Waals surface area contributed by atoms with Crippen LogP contribution in [0.15, 0.2) is 18.2 Å². The van der Waals surface area contributed by atoms with Crippen molar-refractivity contribution in [3.05, 3.63) is 29.3 Å². The molecule has 1 aromatic rings. The standard InChI is InChI=1S/C17H27NO3/c1-12-10-13(16(2,3)4)8-9-14(12)21-11-17(5,18-6)15(19)20-7/h8-10,18H,11H2,1-7H3. The lowest BCUT2D eigenvalue weighted by Crippen LogP contribution is -2.52. The second-order valence-electron chi connectivity index (χ2n) is 6.59. The Labute approximate surface area is 127 Å². The van der Waals surface area contributed by atoms with E-state index in [1.807, 2.05) is 13.0 Å². The fraction of sp³-hybridized carbons (Fsp3) is 0.588. The van der Waals surface area contributed by atoms with Crippen molar-refractivity contribution in [1.82, 2.24) is 5.32 Å². The Bertz CT molecular complexity index is 505. The number of likely N-dealkylation sites (N-methyl/N-ethyl adjacent to an activating group) is 1. The number of aryl methyl sites for hydroxylation is 1. The van der Waals surface area contributed by atoms with Gasteiger partial charge in [-0.1, -0.05) is 32.9 Å². The number of esters is 1. The highest BCUT2D eigenvalue weighted by Crippen LogP contribution is 2.28. The van der Waals surface area contributed by atoms with Crippen LogP contribution in [0, 0.1) is 6.92 Å². The highest BCUT2D eigenvalue weighted by molar-refractivity contribution is 5.80. The van der Waals surface area contributed by atoms with E-state index in [0.29, 0.717) is 0 Å². The van der Waals surface area contributed by atoms with Gasteiger partial charge in [-0.2, -0.15) is 0 Å². The molecule has 0 amide bonds. The van der Waals surface area contributed by atoms with Crippen molar-refractivity contribution in [1.29, 1.82) is 0 Å². The van der Waals surface area contributed by atoms with E-state index in [9.17, 15) is 4.79 Å². The SMILES string of the molecule is CNC(C)(COc1ccc(C(C)(C)C)cc1C)C(=O)OC. The summed E-state index contributed by atoms with van der Waals surface area (Å²) in [6.07, 6.45) is 0. The number of rotatable bonds is 5. The molecule has 0 aliphatic rings. The maximum Gasteiger partial charge on any atom is 0.329 e. The van der Waals surface area contributed by atoms with Gasteiger partial charge < -0.3 is 14.8 Å². The van der Waals surface area contributed by atoms with Crippen molar-refractivity contribution in [2.24, 2.45) is 0 Å². The van der Waals surface area contributed by atoms with Crippen molar-refractivity contribution in [3.63, 3.8) is 0 Å². The number of carbonyl (C=O) groups excluding carboxylic acids is 1. The van der Waals surface area contributed by atoms with Gasteiger partial charge in [-0.15, -0.1) is 0 Å². The summed E-state index contributed by atoms with van der Waals surface area (Å²) in [5, 5.41) is 2.95. The quantitative estimate of drug-likeness (QED) is 0.848. The second kappa shape index (κ2) is 6.48. The van der Waals surface area contributed by atoms with Crippen LogP contribution in [0.2, 0.25) is 0 Å². The maximum absolute atomic E-state index is 11.8. The fourth-order valence-corrected chi connectivity index (χ4v) is 1.96. The van der Waals surface area contributed by atoms with Gasteiger partial charge in [-0.3, -0.25) is 0 Å². The molecule has 0 aromatic heterocycles. The molecule has 0 saturated carbocycles. The molecule has 1 N–H and O–H groups in total. The van der Waals surface area contributed by atoms with E-state index in [1.54, 1.807) is 14.0 Å². The first-order chi connectivity index (χ1) is 9.64. The third-order valence-electron chi connectivity index (χ3n) is 3.75. The van der Waals surface area contributed by atoms with Crippen molar-refractivity contribution in [3.8, 4) is 5.75 Å². The Morgan fingerprint density at radius 1 is 1.24 bits per heavy atom. The number of nitrogens with one attached hydrogen (secondary N) is 1. The third-order valence-corrected chi connectivity index (χ3v) is 3.75. The number of benzene rings is 1. The largest absolute Gasteiger partial charge is 0.491 e. The van der Waals surface area contributed by atoms with Crippen molar-refractivity contribution in [2.45, 2.75) is 45.6 Å². The summed E-state index contributed by atoms with van der Waals surface area (Å²) >= 11 is 0. The Balaban J connectivity index is 2.87. The molecule has 118 valence electrons. The Morgan fingerprint density at radius 3 is 2.29 bits per heavy atom. The predicted octanol–water partition coefficient (Wildman–Crippen LogP) is 2.82. The van der Waals surface area contributed by atoms with Gasteiger partial charge in [0.1, 0.15) is 17.9 Å². The molecule has 1 unspecified atom stereocenters. The minimum absolute atomic E-state index is 0.106. The topological polar surface area (TPSA) is 47.6 Å². The van der Waals surface area contributed by atoms with Gasteiger partial charge in [-0.25, -0.2) is 4.79 Å².